The van der Waals surface area contributed by atoms with E-state index in [9.17, 15) is 4.79 Å². The summed E-state index contributed by atoms with van der Waals surface area (Å²) in [7, 11) is 1.75. The monoisotopic (exact) mass is 221 g/mol. The summed E-state index contributed by atoms with van der Waals surface area (Å²) in [5, 5.41) is 9.52. The van der Waals surface area contributed by atoms with Crippen LogP contribution in [0, 0.1) is 6.92 Å². The highest BCUT2D eigenvalue weighted by molar-refractivity contribution is 7.10. The minimum absolute atomic E-state index is 0.0147. The Morgan fingerprint density at radius 2 is 2.40 bits per heavy atom. The van der Waals surface area contributed by atoms with Crippen molar-refractivity contribution in [3.63, 3.8) is 0 Å². The predicted octanol–water partition coefficient (Wildman–Crippen LogP) is 1.61. The number of carbonyl (C=O) groups is 1. The number of aromatic nitrogens is 3. The molecule has 0 saturated carbocycles. The average Bonchev–Trinajstić information content (AvgIpc) is 2.75. The minimum Gasteiger partial charge on any atom is -0.292 e. The molecule has 0 aliphatic carbocycles. The standard InChI is InChI=1S/C10H11N3OS/c1-7-3-8(6-15-7)4-10(14)9-5-13(2)12-11-9/h3,5-6H,4H2,1-2H3. The number of rotatable bonds is 3. The zero-order valence-electron chi connectivity index (χ0n) is 8.60. The number of Topliss-reactive ketones (excluding diaryl/α,β-unsaturated/α-hetero) is 1. The maximum atomic E-state index is 11.7. The van der Waals surface area contributed by atoms with Crippen LogP contribution in [0.2, 0.25) is 0 Å². The zero-order chi connectivity index (χ0) is 10.8. The van der Waals surface area contributed by atoms with E-state index in [1.165, 1.54) is 9.56 Å². The molecule has 0 N–H and O–H groups in total. The summed E-state index contributed by atoms with van der Waals surface area (Å²) < 4.78 is 1.53. The van der Waals surface area contributed by atoms with E-state index in [1.54, 1.807) is 24.6 Å². The second-order valence-corrected chi connectivity index (χ2v) is 4.56. The van der Waals surface area contributed by atoms with Crippen LogP contribution < -0.4 is 0 Å². The molecule has 0 aliphatic rings. The van der Waals surface area contributed by atoms with Crippen molar-refractivity contribution in [1.82, 2.24) is 15.0 Å². The zero-order valence-corrected chi connectivity index (χ0v) is 9.41. The summed E-state index contributed by atoms with van der Waals surface area (Å²) in [5.41, 5.74) is 1.48. The lowest BCUT2D eigenvalue weighted by atomic mass is 10.1. The van der Waals surface area contributed by atoms with E-state index >= 15 is 0 Å². The van der Waals surface area contributed by atoms with Crippen molar-refractivity contribution in [2.75, 3.05) is 0 Å². The second kappa shape index (κ2) is 3.94. The number of hydrogen-bond donors (Lipinski definition) is 0. The normalized spacial score (nSPS) is 10.5. The van der Waals surface area contributed by atoms with Crippen molar-refractivity contribution in [2.24, 2.45) is 7.05 Å². The van der Waals surface area contributed by atoms with Crippen LogP contribution in [0.1, 0.15) is 20.9 Å². The number of thiophene rings is 1. The number of nitrogens with zero attached hydrogens (tertiary/aromatic N) is 3. The van der Waals surface area contributed by atoms with Gasteiger partial charge in [0.1, 0.15) is 5.69 Å². The molecule has 0 aromatic carbocycles. The molecule has 78 valence electrons. The van der Waals surface area contributed by atoms with Gasteiger partial charge in [-0.2, -0.15) is 0 Å². The van der Waals surface area contributed by atoms with Crippen molar-refractivity contribution in [1.29, 1.82) is 0 Å². The summed E-state index contributed by atoms with van der Waals surface area (Å²) in [6, 6.07) is 2.03. The fraction of sp³-hybridized carbons (Fsp3) is 0.300. The van der Waals surface area contributed by atoms with Crippen LogP contribution in [-0.2, 0) is 13.5 Å². The van der Waals surface area contributed by atoms with Gasteiger partial charge in [-0.05, 0) is 23.9 Å². The molecule has 0 amide bonds. The first-order valence-corrected chi connectivity index (χ1v) is 5.46. The molecule has 0 atom stereocenters. The van der Waals surface area contributed by atoms with Crippen LogP contribution in [0.15, 0.2) is 17.6 Å². The lowest BCUT2D eigenvalue weighted by Gasteiger charge is -1.92. The van der Waals surface area contributed by atoms with E-state index in [4.69, 9.17) is 0 Å². The van der Waals surface area contributed by atoms with E-state index in [1.807, 2.05) is 18.4 Å². The highest BCUT2D eigenvalue weighted by Crippen LogP contribution is 2.14. The Balaban J connectivity index is 2.10. The third kappa shape index (κ3) is 2.30. The molecule has 2 aromatic heterocycles. The van der Waals surface area contributed by atoms with Crippen LogP contribution in [0.4, 0.5) is 0 Å². The predicted molar refractivity (Wildman–Crippen MR) is 58.1 cm³/mol. The van der Waals surface area contributed by atoms with E-state index < -0.39 is 0 Å². The highest BCUT2D eigenvalue weighted by Gasteiger charge is 2.11. The molecule has 0 radical (unpaired) electrons. The molecule has 0 fully saturated rings. The molecule has 0 unspecified atom stereocenters. The quantitative estimate of drug-likeness (QED) is 0.740. The van der Waals surface area contributed by atoms with Crippen molar-refractivity contribution in [2.45, 2.75) is 13.3 Å². The molecule has 15 heavy (non-hydrogen) atoms. The van der Waals surface area contributed by atoms with Crippen LogP contribution in [0.5, 0.6) is 0 Å². The number of carbonyl (C=O) groups excluding carboxylic acids is 1. The summed E-state index contributed by atoms with van der Waals surface area (Å²) in [4.78, 5) is 12.9. The smallest absolute Gasteiger partial charge is 0.189 e. The van der Waals surface area contributed by atoms with Gasteiger partial charge in [0.05, 0.1) is 6.20 Å². The van der Waals surface area contributed by atoms with Gasteiger partial charge < -0.3 is 0 Å². The topological polar surface area (TPSA) is 47.8 Å². The summed E-state index contributed by atoms with van der Waals surface area (Å²) in [5.74, 6) is 0.0147. The third-order valence-electron chi connectivity index (χ3n) is 2.04. The van der Waals surface area contributed by atoms with E-state index in [2.05, 4.69) is 10.3 Å². The Hall–Kier alpha value is -1.49. The van der Waals surface area contributed by atoms with Gasteiger partial charge in [-0.3, -0.25) is 9.48 Å². The fourth-order valence-electron chi connectivity index (χ4n) is 1.34. The van der Waals surface area contributed by atoms with E-state index in [-0.39, 0.29) is 5.78 Å². The Labute approximate surface area is 91.5 Å². The molecule has 4 nitrogen and oxygen atoms in total. The van der Waals surface area contributed by atoms with Gasteiger partial charge in [0.2, 0.25) is 0 Å². The molecule has 0 bridgehead atoms. The lowest BCUT2D eigenvalue weighted by Crippen LogP contribution is -2.03. The Morgan fingerprint density at radius 1 is 1.60 bits per heavy atom. The summed E-state index contributed by atoms with van der Waals surface area (Å²) >= 11 is 1.65. The molecule has 2 rings (SSSR count). The first-order valence-electron chi connectivity index (χ1n) is 4.58. The Morgan fingerprint density at radius 3 is 2.93 bits per heavy atom. The van der Waals surface area contributed by atoms with Crippen LogP contribution in [0.3, 0.4) is 0 Å². The van der Waals surface area contributed by atoms with Gasteiger partial charge in [-0.1, -0.05) is 5.21 Å². The number of aryl methyl sites for hydroxylation is 2. The maximum Gasteiger partial charge on any atom is 0.189 e. The van der Waals surface area contributed by atoms with Gasteiger partial charge >= 0.3 is 0 Å². The largest absolute Gasteiger partial charge is 0.292 e. The molecule has 2 heterocycles. The van der Waals surface area contributed by atoms with Crippen LogP contribution >= 0.6 is 11.3 Å². The maximum absolute atomic E-state index is 11.7. The summed E-state index contributed by atoms with van der Waals surface area (Å²) in [6.45, 7) is 2.03. The average molecular weight is 221 g/mol. The molecule has 0 aliphatic heterocycles. The SMILES string of the molecule is Cc1cc(CC(=O)c2cn(C)nn2)cs1. The highest BCUT2D eigenvalue weighted by atomic mass is 32.1. The molecule has 0 spiro atoms. The van der Waals surface area contributed by atoms with Gasteiger partial charge in [0.25, 0.3) is 0 Å². The van der Waals surface area contributed by atoms with Crippen molar-refractivity contribution in [3.05, 3.63) is 33.8 Å². The first kappa shape index (κ1) is 10.0. The minimum atomic E-state index is 0.0147. The first-order chi connectivity index (χ1) is 7.15. The summed E-state index contributed by atoms with van der Waals surface area (Å²) in [6.07, 6.45) is 2.05. The van der Waals surface area contributed by atoms with Gasteiger partial charge in [0.15, 0.2) is 5.78 Å². The third-order valence-corrected chi connectivity index (χ3v) is 2.95. The number of ketones is 1. The number of hydrogen-bond acceptors (Lipinski definition) is 4. The molecule has 2 aromatic rings. The molecule has 0 saturated heterocycles. The second-order valence-electron chi connectivity index (χ2n) is 3.44. The van der Waals surface area contributed by atoms with Crippen LogP contribution in [0.25, 0.3) is 0 Å². The van der Waals surface area contributed by atoms with E-state index in [0.717, 1.165) is 5.56 Å². The van der Waals surface area contributed by atoms with Gasteiger partial charge in [-0.15, -0.1) is 16.4 Å². The van der Waals surface area contributed by atoms with Crippen molar-refractivity contribution >= 4 is 17.1 Å². The van der Waals surface area contributed by atoms with Gasteiger partial charge in [0, 0.05) is 18.3 Å². The Bertz CT molecular complexity index is 486. The molecular formula is C10H11N3OS. The lowest BCUT2D eigenvalue weighted by molar-refractivity contribution is 0.0988. The van der Waals surface area contributed by atoms with Crippen molar-refractivity contribution in [3.8, 4) is 0 Å². The Kier molecular flexibility index (Phi) is 2.64. The van der Waals surface area contributed by atoms with Gasteiger partial charge in [-0.25, -0.2) is 0 Å². The molecular weight excluding hydrogens is 210 g/mol. The van der Waals surface area contributed by atoms with Crippen LogP contribution in [-0.4, -0.2) is 20.8 Å². The fourth-order valence-corrected chi connectivity index (χ4v) is 2.05. The van der Waals surface area contributed by atoms with E-state index in [0.29, 0.717) is 12.1 Å². The molecule has 5 heteroatoms. The van der Waals surface area contributed by atoms with Crippen molar-refractivity contribution < 1.29 is 4.79 Å².